The van der Waals surface area contributed by atoms with E-state index in [1.54, 1.807) is 42.5 Å². The number of carbonyl (C=O) groups is 1. The zero-order valence-corrected chi connectivity index (χ0v) is 17.7. The minimum absolute atomic E-state index is 0.0502. The average molecular weight is 504 g/mol. The number of hydrogen-bond donors (Lipinski definition) is 3. The zero-order valence-electron chi connectivity index (χ0n) is 15.5. The first-order valence-electron chi connectivity index (χ1n) is 9.07. The van der Waals surface area contributed by atoms with Crippen molar-refractivity contribution in [1.82, 2.24) is 0 Å². The number of aromatic hydroxyl groups is 2. The van der Waals surface area contributed by atoms with Gasteiger partial charge in [-0.15, -0.1) is 0 Å². The third-order valence-electron chi connectivity index (χ3n) is 4.49. The zero-order chi connectivity index (χ0) is 20.8. The van der Waals surface area contributed by atoms with Crippen molar-refractivity contribution in [3.63, 3.8) is 0 Å². The second kappa shape index (κ2) is 9.76. The number of halogens is 1. The van der Waals surface area contributed by atoms with E-state index in [0.29, 0.717) is 9.99 Å². The maximum Gasteiger partial charge on any atom is 0.338 e. The summed E-state index contributed by atoms with van der Waals surface area (Å²) in [5.74, 6) is -0.358. The molecule has 0 fully saturated rings. The van der Waals surface area contributed by atoms with Gasteiger partial charge in [0.15, 0.2) is 0 Å². The van der Waals surface area contributed by atoms with E-state index in [1.165, 1.54) is 0 Å². The van der Waals surface area contributed by atoms with Crippen molar-refractivity contribution >= 4 is 28.6 Å². The first kappa shape index (κ1) is 21.1. The molecule has 0 spiro atoms. The molecule has 0 radical (unpaired) electrons. The Labute approximate surface area is 182 Å². The second-order valence-corrected chi connectivity index (χ2v) is 7.53. The molecule has 1 atom stereocenters. The van der Waals surface area contributed by atoms with Gasteiger partial charge in [0.05, 0.1) is 11.7 Å². The van der Waals surface area contributed by atoms with E-state index in [1.807, 2.05) is 52.9 Å². The lowest BCUT2D eigenvalue weighted by Crippen LogP contribution is -2.19. The van der Waals surface area contributed by atoms with Gasteiger partial charge in [-0.25, -0.2) is 4.79 Å². The van der Waals surface area contributed by atoms with Crippen LogP contribution in [0.5, 0.6) is 11.5 Å². The number of carbonyl (C=O) groups excluding carboxylic acids is 1. The van der Waals surface area contributed by atoms with Crippen LogP contribution in [0.2, 0.25) is 0 Å². The summed E-state index contributed by atoms with van der Waals surface area (Å²) in [6, 6.07) is 20.9. The molecule has 5 nitrogen and oxygen atoms in total. The molecule has 0 aliphatic carbocycles. The fourth-order valence-corrected chi connectivity index (χ4v) is 3.31. The Balaban J connectivity index is 1.96. The lowest BCUT2D eigenvalue weighted by Gasteiger charge is -2.20. The van der Waals surface area contributed by atoms with Crippen molar-refractivity contribution in [3.05, 3.63) is 95.1 Å². The van der Waals surface area contributed by atoms with Crippen LogP contribution < -0.4 is 0 Å². The van der Waals surface area contributed by atoms with Crippen LogP contribution in [-0.2, 0) is 4.74 Å². The summed E-state index contributed by atoms with van der Waals surface area (Å²) in [4.78, 5) is 12.4. The second-order valence-electron chi connectivity index (χ2n) is 6.65. The van der Waals surface area contributed by atoms with Crippen LogP contribution in [0.3, 0.4) is 0 Å². The van der Waals surface area contributed by atoms with Crippen LogP contribution in [0.1, 0.15) is 33.0 Å². The number of ether oxygens (including phenoxy) is 1. The predicted octanol–water partition coefficient (Wildman–Crippen LogP) is 4.23. The van der Waals surface area contributed by atoms with Crippen molar-refractivity contribution < 1.29 is 24.9 Å². The third kappa shape index (κ3) is 5.48. The predicted molar refractivity (Wildman–Crippen MR) is 119 cm³/mol. The maximum atomic E-state index is 12.4. The molecule has 0 aliphatic rings. The van der Waals surface area contributed by atoms with Crippen LogP contribution in [0.25, 0.3) is 0 Å². The van der Waals surface area contributed by atoms with E-state index in [9.17, 15) is 20.1 Å². The molecule has 150 valence electrons. The topological polar surface area (TPSA) is 87.0 Å². The SMILES string of the molecule is O=C(OCC(O)CI)c1cccc(C(c2ccc(O)cc2)c2ccc(O)cc2)c1. The minimum atomic E-state index is -0.690. The lowest BCUT2D eigenvalue weighted by molar-refractivity contribution is 0.0310. The molecule has 6 heteroatoms. The largest absolute Gasteiger partial charge is 0.508 e. The van der Waals surface area contributed by atoms with Gasteiger partial charge in [-0.1, -0.05) is 59.0 Å². The number of hydrogen-bond acceptors (Lipinski definition) is 5. The summed E-state index contributed by atoms with van der Waals surface area (Å²) in [6.07, 6.45) is -0.690. The van der Waals surface area contributed by atoms with Gasteiger partial charge in [-0.3, -0.25) is 0 Å². The number of rotatable bonds is 7. The van der Waals surface area contributed by atoms with Crippen LogP contribution in [-0.4, -0.2) is 38.4 Å². The summed E-state index contributed by atoms with van der Waals surface area (Å²) < 4.78 is 5.68. The Morgan fingerprint density at radius 2 is 1.41 bits per heavy atom. The molecule has 0 aromatic heterocycles. The van der Waals surface area contributed by atoms with Gasteiger partial charge in [0.1, 0.15) is 18.1 Å². The van der Waals surface area contributed by atoms with Crippen molar-refractivity contribution in [1.29, 1.82) is 0 Å². The minimum Gasteiger partial charge on any atom is -0.508 e. The third-order valence-corrected chi connectivity index (χ3v) is 5.51. The first-order chi connectivity index (χ1) is 14.0. The fraction of sp³-hybridized carbons (Fsp3) is 0.174. The summed E-state index contributed by atoms with van der Waals surface area (Å²) >= 11 is 2.03. The van der Waals surface area contributed by atoms with Crippen molar-refractivity contribution in [2.24, 2.45) is 0 Å². The quantitative estimate of drug-likeness (QED) is 0.194. The molecule has 0 saturated heterocycles. The van der Waals surface area contributed by atoms with Crippen LogP contribution in [0.15, 0.2) is 72.8 Å². The summed E-state index contributed by atoms with van der Waals surface area (Å²) in [6.45, 7) is -0.0502. The standard InChI is InChI=1S/C23H21IO5/c24-13-21(27)14-29-23(28)18-3-1-2-17(12-18)22(15-4-8-19(25)9-5-15)16-6-10-20(26)11-7-16/h1-12,21-22,25-27H,13-14H2. The number of aliphatic hydroxyl groups excluding tert-OH is 1. The Morgan fingerprint density at radius 3 is 1.93 bits per heavy atom. The molecule has 29 heavy (non-hydrogen) atoms. The highest BCUT2D eigenvalue weighted by Gasteiger charge is 2.19. The summed E-state index contributed by atoms with van der Waals surface area (Å²) in [5, 5.41) is 28.9. The first-order valence-corrected chi connectivity index (χ1v) is 10.6. The normalized spacial score (nSPS) is 12.0. The summed E-state index contributed by atoms with van der Waals surface area (Å²) in [5.41, 5.74) is 3.12. The summed E-state index contributed by atoms with van der Waals surface area (Å²) in [7, 11) is 0. The van der Waals surface area contributed by atoms with Crippen LogP contribution in [0.4, 0.5) is 0 Å². The van der Waals surface area contributed by atoms with E-state index in [4.69, 9.17) is 4.74 Å². The van der Waals surface area contributed by atoms with Crippen molar-refractivity contribution in [2.45, 2.75) is 12.0 Å². The van der Waals surface area contributed by atoms with Gasteiger partial charge in [0.2, 0.25) is 0 Å². The van der Waals surface area contributed by atoms with Gasteiger partial charge in [-0.05, 0) is 53.1 Å². The number of alkyl halides is 1. The van der Waals surface area contributed by atoms with Crippen molar-refractivity contribution in [3.8, 4) is 11.5 Å². The van der Waals surface area contributed by atoms with E-state index in [-0.39, 0.29) is 24.0 Å². The maximum absolute atomic E-state index is 12.4. The molecule has 3 rings (SSSR count). The molecular formula is C23H21IO5. The number of esters is 1. The Kier molecular flexibility index (Phi) is 7.11. The number of aliphatic hydroxyl groups is 1. The van der Waals surface area contributed by atoms with Crippen LogP contribution in [0, 0.1) is 0 Å². The molecule has 3 N–H and O–H groups in total. The Hall–Kier alpha value is -2.58. The van der Waals surface area contributed by atoms with Gasteiger partial charge in [-0.2, -0.15) is 0 Å². The molecule has 0 saturated carbocycles. The highest BCUT2D eigenvalue weighted by atomic mass is 127. The molecule has 3 aromatic rings. The lowest BCUT2D eigenvalue weighted by atomic mass is 9.84. The molecule has 0 bridgehead atoms. The van der Waals surface area contributed by atoms with Gasteiger partial charge in [0.25, 0.3) is 0 Å². The monoisotopic (exact) mass is 504 g/mol. The van der Waals surface area contributed by atoms with Gasteiger partial charge >= 0.3 is 5.97 Å². The molecule has 3 aromatic carbocycles. The number of phenols is 2. The van der Waals surface area contributed by atoms with Gasteiger partial charge in [0, 0.05) is 10.3 Å². The number of phenolic OH excluding ortho intramolecular Hbond substituents is 2. The highest BCUT2D eigenvalue weighted by molar-refractivity contribution is 14.1. The van der Waals surface area contributed by atoms with E-state index in [0.717, 1.165) is 16.7 Å². The Morgan fingerprint density at radius 1 is 0.862 bits per heavy atom. The Bertz CT molecular complexity index is 908. The highest BCUT2D eigenvalue weighted by Crippen LogP contribution is 2.34. The number of benzene rings is 3. The molecule has 0 heterocycles. The van der Waals surface area contributed by atoms with Crippen molar-refractivity contribution in [2.75, 3.05) is 11.0 Å². The molecular weight excluding hydrogens is 483 g/mol. The molecule has 0 amide bonds. The van der Waals surface area contributed by atoms with Gasteiger partial charge < -0.3 is 20.1 Å². The fourth-order valence-electron chi connectivity index (χ4n) is 3.06. The van der Waals surface area contributed by atoms with Crippen LogP contribution >= 0.6 is 22.6 Å². The average Bonchev–Trinajstić information content (AvgIpc) is 2.75. The van der Waals surface area contributed by atoms with E-state index >= 15 is 0 Å². The smallest absolute Gasteiger partial charge is 0.338 e. The van der Waals surface area contributed by atoms with E-state index in [2.05, 4.69) is 0 Å². The molecule has 0 aliphatic heterocycles. The molecule has 1 unspecified atom stereocenters. The van der Waals surface area contributed by atoms with E-state index < -0.39 is 12.1 Å².